The van der Waals surface area contributed by atoms with Gasteiger partial charge < -0.3 is 10.6 Å². The summed E-state index contributed by atoms with van der Waals surface area (Å²) in [5, 5.41) is 0. The van der Waals surface area contributed by atoms with Crippen molar-refractivity contribution in [1.82, 2.24) is 0 Å². The van der Waals surface area contributed by atoms with Crippen molar-refractivity contribution in [3.05, 3.63) is 29.8 Å². The van der Waals surface area contributed by atoms with Gasteiger partial charge in [0.05, 0.1) is 5.75 Å². The molecule has 1 aromatic rings. The standard InChI is InChI=1S/C15H24N2OS/c1-4-17(14-8-6-5-7-13(14)3)15(18)11-19-10-12(2)9-16/h5-8,12H,4,9-11,16H2,1-3H3. The Labute approximate surface area is 120 Å². The monoisotopic (exact) mass is 280 g/mol. The van der Waals surface area contributed by atoms with Gasteiger partial charge in [-0.05, 0) is 43.7 Å². The van der Waals surface area contributed by atoms with E-state index in [-0.39, 0.29) is 5.91 Å². The first-order valence-electron chi connectivity index (χ1n) is 6.74. The second-order valence-electron chi connectivity index (χ2n) is 4.78. The third-order valence-corrected chi connectivity index (χ3v) is 4.31. The van der Waals surface area contributed by atoms with Crippen LogP contribution in [0.4, 0.5) is 5.69 Å². The number of hydrogen-bond acceptors (Lipinski definition) is 3. The van der Waals surface area contributed by atoms with E-state index in [1.54, 1.807) is 11.8 Å². The number of nitrogens with two attached hydrogens (primary N) is 1. The molecule has 19 heavy (non-hydrogen) atoms. The number of aryl methyl sites for hydroxylation is 1. The van der Waals surface area contributed by atoms with E-state index < -0.39 is 0 Å². The second kappa shape index (κ2) is 8.23. The smallest absolute Gasteiger partial charge is 0.236 e. The predicted molar refractivity (Wildman–Crippen MR) is 84.7 cm³/mol. The number of para-hydroxylation sites is 1. The van der Waals surface area contributed by atoms with Gasteiger partial charge in [0.1, 0.15) is 0 Å². The Bertz CT molecular complexity index is 409. The third kappa shape index (κ3) is 4.88. The topological polar surface area (TPSA) is 46.3 Å². The summed E-state index contributed by atoms with van der Waals surface area (Å²) in [6, 6.07) is 8.01. The summed E-state index contributed by atoms with van der Waals surface area (Å²) < 4.78 is 0. The molecule has 0 saturated heterocycles. The first kappa shape index (κ1) is 16.1. The molecule has 1 unspecified atom stereocenters. The van der Waals surface area contributed by atoms with Gasteiger partial charge in [0.2, 0.25) is 5.91 Å². The zero-order chi connectivity index (χ0) is 14.3. The van der Waals surface area contributed by atoms with Crippen LogP contribution in [0.3, 0.4) is 0 Å². The maximum absolute atomic E-state index is 12.3. The van der Waals surface area contributed by atoms with Crippen LogP contribution < -0.4 is 10.6 Å². The Kier molecular flexibility index (Phi) is 6.95. The average molecular weight is 280 g/mol. The lowest BCUT2D eigenvalue weighted by Crippen LogP contribution is -2.33. The summed E-state index contributed by atoms with van der Waals surface area (Å²) in [6.07, 6.45) is 0. The van der Waals surface area contributed by atoms with Crippen LogP contribution in [0.1, 0.15) is 19.4 Å². The highest BCUT2D eigenvalue weighted by Crippen LogP contribution is 2.20. The van der Waals surface area contributed by atoms with Gasteiger partial charge in [-0.3, -0.25) is 4.79 Å². The van der Waals surface area contributed by atoms with Crippen LogP contribution in [-0.4, -0.2) is 30.5 Å². The van der Waals surface area contributed by atoms with Crippen molar-refractivity contribution in [1.29, 1.82) is 0 Å². The van der Waals surface area contributed by atoms with E-state index in [0.717, 1.165) is 17.0 Å². The molecular formula is C15H24N2OS. The van der Waals surface area contributed by atoms with Crippen molar-refractivity contribution in [2.45, 2.75) is 20.8 Å². The van der Waals surface area contributed by atoms with E-state index in [9.17, 15) is 4.79 Å². The Morgan fingerprint density at radius 1 is 1.42 bits per heavy atom. The summed E-state index contributed by atoms with van der Waals surface area (Å²) in [5.74, 6) is 2.09. The fourth-order valence-corrected chi connectivity index (χ4v) is 2.83. The van der Waals surface area contributed by atoms with Crippen molar-refractivity contribution in [3.8, 4) is 0 Å². The first-order valence-corrected chi connectivity index (χ1v) is 7.89. The average Bonchev–Trinajstić information content (AvgIpc) is 2.41. The second-order valence-corrected chi connectivity index (χ2v) is 5.81. The van der Waals surface area contributed by atoms with E-state index in [1.165, 1.54) is 0 Å². The highest BCUT2D eigenvalue weighted by molar-refractivity contribution is 7.99. The van der Waals surface area contributed by atoms with Crippen molar-refractivity contribution in [3.63, 3.8) is 0 Å². The SMILES string of the molecule is CCN(C(=O)CSCC(C)CN)c1ccccc1C. The largest absolute Gasteiger partial charge is 0.330 e. The molecule has 0 aliphatic rings. The third-order valence-electron chi connectivity index (χ3n) is 3.05. The fraction of sp³-hybridized carbons (Fsp3) is 0.533. The minimum absolute atomic E-state index is 0.172. The molecule has 0 aliphatic carbocycles. The summed E-state index contributed by atoms with van der Waals surface area (Å²) in [6.45, 7) is 7.54. The molecular weight excluding hydrogens is 256 g/mol. The van der Waals surface area contributed by atoms with E-state index >= 15 is 0 Å². The van der Waals surface area contributed by atoms with Crippen molar-refractivity contribution < 1.29 is 4.79 Å². The number of amides is 1. The molecule has 4 heteroatoms. The Morgan fingerprint density at radius 2 is 2.11 bits per heavy atom. The van der Waals surface area contributed by atoms with Gasteiger partial charge in [0.25, 0.3) is 0 Å². The zero-order valence-corrected chi connectivity index (χ0v) is 12.9. The number of rotatable bonds is 7. The van der Waals surface area contributed by atoms with Crippen LogP contribution in [0.25, 0.3) is 0 Å². The van der Waals surface area contributed by atoms with Crippen molar-refractivity contribution >= 4 is 23.4 Å². The highest BCUT2D eigenvalue weighted by atomic mass is 32.2. The van der Waals surface area contributed by atoms with Crippen LogP contribution in [0, 0.1) is 12.8 Å². The number of benzene rings is 1. The number of thioether (sulfide) groups is 1. The molecule has 0 aliphatic heterocycles. The van der Waals surface area contributed by atoms with E-state index in [0.29, 0.717) is 24.8 Å². The molecule has 3 nitrogen and oxygen atoms in total. The van der Waals surface area contributed by atoms with E-state index in [1.807, 2.05) is 43.0 Å². The van der Waals surface area contributed by atoms with Gasteiger partial charge >= 0.3 is 0 Å². The lowest BCUT2D eigenvalue weighted by molar-refractivity contribution is -0.116. The van der Waals surface area contributed by atoms with Crippen LogP contribution in [0.2, 0.25) is 0 Å². The summed E-state index contributed by atoms with van der Waals surface area (Å²) >= 11 is 1.67. The number of anilines is 1. The van der Waals surface area contributed by atoms with Gasteiger partial charge in [-0.25, -0.2) is 0 Å². The minimum Gasteiger partial charge on any atom is -0.330 e. The lowest BCUT2D eigenvalue weighted by atomic mass is 10.2. The summed E-state index contributed by atoms with van der Waals surface area (Å²) in [5.41, 5.74) is 7.73. The van der Waals surface area contributed by atoms with Gasteiger partial charge in [0, 0.05) is 12.2 Å². The van der Waals surface area contributed by atoms with E-state index in [4.69, 9.17) is 5.73 Å². The molecule has 0 fully saturated rings. The first-order chi connectivity index (χ1) is 9.10. The molecule has 1 aromatic carbocycles. The molecule has 106 valence electrons. The molecule has 0 heterocycles. The summed E-state index contributed by atoms with van der Waals surface area (Å²) in [4.78, 5) is 14.1. The number of hydrogen-bond donors (Lipinski definition) is 1. The highest BCUT2D eigenvalue weighted by Gasteiger charge is 2.15. The number of nitrogens with zero attached hydrogens (tertiary/aromatic N) is 1. The minimum atomic E-state index is 0.172. The van der Waals surface area contributed by atoms with Gasteiger partial charge in [0.15, 0.2) is 0 Å². The lowest BCUT2D eigenvalue weighted by Gasteiger charge is -2.23. The van der Waals surface area contributed by atoms with Crippen LogP contribution in [0.15, 0.2) is 24.3 Å². The Balaban J connectivity index is 2.60. The molecule has 1 rings (SSSR count). The molecule has 0 saturated carbocycles. The predicted octanol–water partition coefficient (Wildman–Crippen LogP) is 2.68. The maximum Gasteiger partial charge on any atom is 0.236 e. The molecule has 2 N–H and O–H groups in total. The summed E-state index contributed by atoms with van der Waals surface area (Å²) in [7, 11) is 0. The molecule has 0 bridgehead atoms. The van der Waals surface area contributed by atoms with Crippen LogP contribution in [0.5, 0.6) is 0 Å². The number of carbonyl (C=O) groups is 1. The normalized spacial score (nSPS) is 12.2. The fourth-order valence-electron chi connectivity index (χ4n) is 1.84. The molecule has 0 aromatic heterocycles. The van der Waals surface area contributed by atoms with E-state index in [2.05, 4.69) is 6.92 Å². The Hall–Kier alpha value is -1.00. The van der Waals surface area contributed by atoms with Crippen molar-refractivity contribution in [2.75, 3.05) is 29.5 Å². The van der Waals surface area contributed by atoms with Crippen molar-refractivity contribution in [2.24, 2.45) is 11.7 Å². The van der Waals surface area contributed by atoms with Crippen LogP contribution >= 0.6 is 11.8 Å². The molecule has 0 radical (unpaired) electrons. The van der Waals surface area contributed by atoms with Gasteiger partial charge in [-0.15, -0.1) is 0 Å². The van der Waals surface area contributed by atoms with Gasteiger partial charge in [-0.2, -0.15) is 11.8 Å². The Morgan fingerprint density at radius 3 is 2.68 bits per heavy atom. The number of carbonyl (C=O) groups excluding carboxylic acids is 1. The van der Waals surface area contributed by atoms with Crippen LogP contribution in [-0.2, 0) is 4.79 Å². The maximum atomic E-state index is 12.3. The molecule has 0 spiro atoms. The van der Waals surface area contributed by atoms with Gasteiger partial charge in [-0.1, -0.05) is 25.1 Å². The molecule has 1 amide bonds. The quantitative estimate of drug-likeness (QED) is 0.835. The molecule has 1 atom stereocenters. The zero-order valence-electron chi connectivity index (χ0n) is 12.1.